The third kappa shape index (κ3) is 3.94. The second-order valence-electron chi connectivity index (χ2n) is 9.73. The fourth-order valence-corrected chi connectivity index (χ4v) is 4.85. The summed E-state index contributed by atoms with van der Waals surface area (Å²) in [5, 5.41) is 9.64. The van der Waals surface area contributed by atoms with Gasteiger partial charge in [0.05, 0.1) is 0 Å². The molecule has 1 aliphatic carbocycles. The molecule has 0 saturated carbocycles. The van der Waals surface area contributed by atoms with Crippen LogP contribution in [-0.4, -0.2) is 23.7 Å². The van der Waals surface area contributed by atoms with E-state index in [1.807, 2.05) is 36.4 Å². The first-order valence-electron chi connectivity index (χ1n) is 11.2. The molecule has 1 unspecified atom stereocenters. The minimum Gasteiger partial charge on any atom is -0.508 e. The van der Waals surface area contributed by atoms with E-state index >= 15 is 0 Å². The largest absolute Gasteiger partial charge is 0.508 e. The van der Waals surface area contributed by atoms with E-state index in [4.69, 9.17) is 10.6 Å². The lowest BCUT2D eigenvalue weighted by Crippen LogP contribution is -2.53. The number of esters is 1. The van der Waals surface area contributed by atoms with Gasteiger partial charge in [0.2, 0.25) is 0 Å². The average Bonchev–Trinajstić information content (AvgIpc) is 3.14. The van der Waals surface area contributed by atoms with Gasteiger partial charge in [-0.1, -0.05) is 81.4 Å². The van der Waals surface area contributed by atoms with Gasteiger partial charge >= 0.3 is 11.9 Å². The Kier molecular flexibility index (Phi) is 6.19. The van der Waals surface area contributed by atoms with E-state index in [1.54, 1.807) is 32.9 Å². The van der Waals surface area contributed by atoms with Crippen LogP contribution in [-0.2, 0) is 25.6 Å². The van der Waals surface area contributed by atoms with Crippen molar-refractivity contribution in [1.82, 2.24) is 0 Å². The van der Waals surface area contributed by atoms with Gasteiger partial charge in [0, 0.05) is 5.92 Å². The Labute approximate surface area is 199 Å². The predicted octanol–water partition coefficient (Wildman–Crippen LogP) is 4.74. The maximum Gasteiger partial charge on any atom is 0.342 e. The number of phenols is 1. The van der Waals surface area contributed by atoms with Crippen molar-refractivity contribution in [1.29, 1.82) is 0 Å². The van der Waals surface area contributed by atoms with Crippen molar-refractivity contribution in [2.24, 2.45) is 16.7 Å². The zero-order valence-electron chi connectivity index (χ0n) is 19.6. The van der Waals surface area contributed by atoms with Gasteiger partial charge in [0.1, 0.15) is 12.4 Å². The summed E-state index contributed by atoms with van der Waals surface area (Å²) < 4.78 is 5.91. The molecule has 0 aromatic heterocycles. The third-order valence-corrected chi connectivity index (χ3v) is 6.83. The van der Waals surface area contributed by atoms with Gasteiger partial charge in [-0.2, -0.15) is 5.90 Å². The molecule has 0 bridgehead atoms. The number of aromatic hydroxyl groups is 1. The lowest BCUT2D eigenvalue weighted by molar-refractivity contribution is -0.182. The van der Waals surface area contributed by atoms with Gasteiger partial charge < -0.3 is 14.7 Å². The molecule has 3 aromatic carbocycles. The molecule has 6 heteroatoms. The molecule has 1 aliphatic rings. The van der Waals surface area contributed by atoms with E-state index < -0.39 is 22.8 Å². The zero-order valence-corrected chi connectivity index (χ0v) is 19.6. The molecular formula is C28H29NO5. The second kappa shape index (κ2) is 8.95. The highest BCUT2D eigenvalue weighted by molar-refractivity contribution is 6.01. The number of hydrogen-bond acceptors (Lipinski definition) is 6. The van der Waals surface area contributed by atoms with Gasteiger partial charge in [0.25, 0.3) is 0 Å². The number of hydrogen-bond donors (Lipinski definition) is 2. The van der Waals surface area contributed by atoms with Gasteiger partial charge in [-0.25, -0.2) is 4.79 Å². The van der Waals surface area contributed by atoms with E-state index in [1.165, 1.54) is 12.1 Å². The molecule has 34 heavy (non-hydrogen) atoms. The van der Waals surface area contributed by atoms with Crippen LogP contribution >= 0.6 is 0 Å². The summed E-state index contributed by atoms with van der Waals surface area (Å²) in [6.07, 6.45) is 0.0173. The topological polar surface area (TPSA) is 98.9 Å². The highest BCUT2D eigenvalue weighted by Crippen LogP contribution is 2.47. The number of fused-ring (bicyclic) bond motifs is 3. The van der Waals surface area contributed by atoms with Crippen molar-refractivity contribution >= 4 is 11.9 Å². The molecule has 0 fully saturated rings. The number of carbonyl (C=O) groups is 2. The number of rotatable bonds is 6. The molecular weight excluding hydrogens is 430 g/mol. The van der Waals surface area contributed by atoms with Gasteiger partial charge in [-0.15, -0.1) is 0 Å². The Balaban J connectivity index is 1.68. The van der Waals surface area contributed by atoms with E-state index in [9.17, 15) is 14.7 Å². The lowest BCUT2D eigenvalue weighted by atomic mass is 9.63. The smallest absolute Gasteiger partial charge is 0.342 e. The van der Waals surface area contributed by atoms with Gasteiger partial charge in [-0.3, -0.25) is 4.79 Å². The molecule has 6 nitrogen and oxygen atoms in total. The Morgan fingerprint density at radius 3 is 1.88 bits per heavy atom. The molecule has 0 heterocycles. The van der Waals surface area contributed by atoms with Crippen molar-refractivity contribution in [3.8, 4) is 16.9 Å². The van der Waals surface area contributed by atoms with Crippen molar-refractivity contribution in [3.05, 3.63) is 89.5 Å². The SMILES string of the molecule is CC(C)(C)C(Cc1ccc(O)cc1)(C(=O)ON)C(=O)OCC1c2ccccc2-c2ccccc21. The maximum absolute atomic E-state index is 13.7. The summed E-state index contributed by atoms with van der Waals surface area (Å²) in [6.45, 7) is 5.43. The quantitative estimate of drug-likeness (QED) is 0.314. The molecule has 1 atom stereocenters. The Bertz CT molecular complexity index is 1170. The first-order chi connectivity index (χ1) is 16.2. The molecule has 0 saturated heterocycles. The Morgan fingerprint density at radius 1 is 0.853 bits per heavy atom. The van der Waals surface area contributed by atoms with Crippen LogP contribution in [0.25, 0.3) is 11.1 Å². The lowest BCUT2D eigenvalue weighted by Gasteiger charge is -2.39. The average molecular weight is 460 g/mol. The fourth-order valence-electron chi connectivity index (χ4n) is 4.85. The van der Waals surface area contributed by atoms with Crippen LogP contribution in [0.2, 0.25) is 0 Å². The van der Waals surface area contributed by atoms with Crippen LogP contribution in [0, 0.1) is 10.8 Å². The minimum absolute atomic E-state index is 0.0173. The van der Waals surface area contributed by atoms with E-state index in [-0.39, 0.29) is 24.7 Å². The highest BCUT2D eigenvalue weighted by atomic mass is 16.7. The van der Waals surface area contributed by atoms with Crippen LogP contribution in [0.1, 0.15) is 43.4 Å². The summed E-state index contributed by atoms with van der Waals surface area (Å²) in [4.78, 5) is 31.5. The first-order valence-corrected chi connectivity index (χ1v) is 11.2. The Morgan fingerprint density at radius 2 is 1.38 bits per heavy atom. The third-order valence-electron chi connectivity index (χ3n) is 6.83. The number of benzene rings is 3. The molecule has 3 aromatic rings. The molecule has 176 valence electrons. The number of carbonyl (C=O) groups excluding carboxylic acids is 2. The van der Waals surface area contributed by atoms with E-state index in [0.717, 1.165) is 22.3 Å². The van der Waals surface area contributed by atoms with Gasteiger partial charge in [0.15, 0.2) is 5.41 Å². The number of nitrogens with two attached hydrogens (primary N) is 1. The van der Waals surface area contributed by atoms with Crippen LogP contribution < -0.4 is 5.90 Å². The second-order valence-corrected chi connectivity index (χ2v) is 9.73. The highest BCUT2D eigenvalue weighted by Gasteiger charge is 2.57. The van der Waals surface area contributed by atoms with Gasteiger partial charge in [-0.05, 0) is 51.8 Å². The molecule has 0 radical (unpaired) electrons. The number of phenolic OH excluding ortho intramolecular Hbond substituents is 1. The zero-order chi connectivity index (χ0) is 24.5. The summed E-state index contributed by atoms with van der Waals surface area (Å²) >= 11 is 0. The van der Waals surface area contributed by atoms with E-state index in [0.29, 0.717) is 5.56 Å². The van der Waals surface area contributed by atoms with Crippen LogP contribution in [0.3, 0.4) is 0 Å². The maximum atomic E-state index is 13.7. The molecule has 3 N–H and O–H groups in total. The number of ether oxygens (including phenoxy) is 1. The standard InChI is InChI=1S/C28H29NO5/c1-27(2,3)28(26(32)34-29,16-18-12-14-19(30)15-13-18)25(31)33-17-24-22-10-6-4-8-20(22)21-9-5-7-11-23(21)24/h4-15,24,30H,16-17,29H2,1-3H3. The predicted molar refractivity (Wildman–Crippen MR) is 129 cm³/mol. The molecule has 0 amide bonds. The van der Waals surface area contributed by atoms with Crippen molar-refractivity contribution in [2.75, 3.05) is 6.61 Å². The summed E-state index contributed by atoms with van der Waals surface area (Å²) in [7, 11) is 0. The minimum atomic E-state index is -1.68. The normalized spacial score (nSPS) is 14.6. The van der Waals surface area contributed by atoms with Crippen LogP contribution in [0.15, 0.2) is 72.8 Å². The Hall–Kier alpha value is -3.64. The summed E-state index contributed by atoms with van der Waals surface area (Å²) in [5.74, 6) is 3.72. The van der Waals surface area contributed by atoms with Crippen molar-refractivity contribution in [2.45, 2.75) is 33.1 Å². The van der Waals surface area contributed by atoms with E-state index in [2.05, 4.69) is 17.0 Å². The van der Waals surface area contributed by atoms with Crippen molar-refractivity contribution < 1.29 is 24.3 Å². The fraction of sp³-hybridized carbons (Fsp3) is 0.286. The molecule has 0 spiro atoms. The first kappa shape index (κ1) is 23.5. The van der Waals surface area contributed by atoms with Crippen molar-refractivity contribution in [3.63, 3.8) is 0 Å². The summed E-state index contributed by atoms with van der Waals surface area (Å²) in [5.41, 5.74) is 2.51. The monoisotopic (exact) mass is 459 g/mol. The molecule has 4 rings (SSSR count). The molecule has 0 aliphatic heterocycles. The van der Waals surface area contributed by atoms with Crippen LogP contribution in [0.5, 0.6) is 5.75 Å². The summed E-state index contributed by atoms with van der Waals surface area (Å²) in [6, 6.07) is 22.5. The van der Waals surface area contributed by atoms with Crippen LogP contribution in [0.4, 0.5) is 0 Å².